The van der Waals surface area contributed by atoms with E-state index in [2.05, 4.69) is 36.5 Å². The molecule has 0 aliphatic heterocycles. The number of hydrogen-bond acceptors (Lipinski definition) is 0. The molecule has 0 saturated carbocycles. The first-order valence-electron chi connectivity index (χ1n) is 5.19. The zero-order valence-corrected chi connectivity index (χ0v) is 7.74. The van der Waals surface area contributed by atoms with Gasteiger partial charge in [-0.1, -0.05) is 42.0 Å². The summed E-state index contributed by atoms with van der Waals surface area (Å²) in [7, 11) is 0. The Kier molecular flexibility index (Phi) is 1.55. The van der Waals surface area contributed by atoms with E-state index in [1.54, 1.807) is 11.1 Å². The molecule has 0 heterocycles. The SMILES string of the molecule is C1=CC2C(=C1)CC=C1C=CCCC12. The van der Waals surface area contributed by atoms with E-state index in [4.69, 9.17) is 0 Å². The van der Waals surface area contributed by atoms with Gasteiger partial charge in [0.1, 0.15) is 0 Å². The summed E-state index contributed by atoms with van der Waals surface area (Å²) in [6.07, 6.45) is 17.8. The molecule has 0 bridgehead atoms. The third-order valence-corrected chi connectivity index (χ3v) is 3.45. The van der Waals surface area contributed by atoms with Crippen molar-refractivity contribution in [3.63, 3.8) is 0 Å². The van der Waals surface area contributed by atoms with Crippen LogP contribution in [0.4, 0.5) is 0 Å². The van der Waals surface area contributed by atoms with Gasteiger partial charge in [-0.25, -0.2) is 0 Å². The minimum atomic E-state index is 0.741. The van der Waals surface area contributed by atoms with Crippen molar-refractivity contribution in [1.82, 2.24) is 0 Å². The first-order chi connectivity index (χ1) is 6.45. The van der Waals surface area contributed by atoms with Gasteiger partial charge in [-0.2, -0.15) is 0 Å². The molecule has 13 heavy (non-hydrogen) atoms. The molecule has 0 saturated heterocycles. The molecule has 0 amide bonds. The predicted molar refractivity (Wildman–Crippen MR) is 55.3 cm³/mol. The second kappa shape index (κ2) is 2.73. The van der Waals surface area contributed by atoms with Crippen LogP contribution in [0.5, 0.6) is 0 Å². The fourth-order valence-electron chi connectivity index (χ4n) is 2.76. The van der Waals surface area contributed by atoms with Crippen LogP contribution in [0.2, 0.25) is 0 Å². The molecule has 0 radical (unpaired) electrons. The molecule has 3 aliphatic carbocycles. The van der Waals surface area contributed by atoms with E-state index in [1.807, 2.05) is 0 Å². The van der Waals surface area contributed by atoms with E-state index in [0.29, 0.717) is 0 Å². The second-order valence-electron chi connectivity index (χ2n) is 4.15. The first kappa shape index (κ1) is 7.37. The summed E-state index contributed by atoms with van der Waals surface area (Å²) in [6.45, 7) is 0. The largest absolute Gasteiger partial charge is 0.0842 e. The molecule has 2 unspecified atom stereocenters. The fourth-order valence-corrected chi connectivity index (χ4v) is 2.76. The van der Waals surface area contributed by atoms with Gasteiger partial charge in [-0.05, 0) is 30.8 Å². The minimum Gasteiger partial charge on any atom is -0.0842 e. The van der Waals surface area contributed by atoms with E-state index >= 15 is 0 Å². The standard InChI is InChI=1S/C13H14/c1-2-6-12-10(4-1)8-9-11-5-3-7-13(11)12/h1,3-5,7-8,12-13H,2,6,9H2. The topological polar surface area (TPSA) is 0 Å². The van der Waals surface area contributed by atoms with Crippen LogP contribution < -0.4 is 0 Å². The minimum absolute atomic E-state index is 0.741. The molecule has 0 fully saturated rings. The molecule has 0 heteroatoms. The van der Waals surface area contributed by atoms with Crippen molar-refractivity contribution in [2.45, 2.75) is 19.3 Å². The highest BCUT2D eigenvalue weighted by atomic mass is 14.3. The van der Waals surface area contributed by atoms with Crippen LogP contribution in [-0.4, -0.2) is 0 Å². The molecule has 2 atom stereocenters. The summed E-state index contributed by atoms with van der Waals surface area (Å²) in [4.78, 5) is 0. The second-order valence-corrected chi connectivity index (χ2v) is 4.15. The Balaban J connectivity index is 2.02. The van der Waals surface area contributed by atoms with Crippen LogP contribution in [0.3, 0.4) is 0 Å². The Hall–Kier alpha value is -1.04. The monoisotopic (exact) mass is 170 g/mol. The van der Waals surface area contributed by atoms with E-state index in [9.17, 15) is 0 Å². The van der Waals surface area contributed by atoms with Crippen molar-refractivity contribution in [2.24, 2.45) is 11.8 Å². The molecule has 0 aromatic heterocycles. The van der Waals surface area contributed by atoms with Crippen LogP contribution in [0.25, 0.3) is 0 Å². The molecule has 3 rings (SSSR count). The molecule has 66 valence electrons. The molecular formula is C13H14. The Morgan fingerprint density at radius 1 is 1.31 bits per heavy atom. The number of allylic oxidation sites excluding steroid dienone is 8. The van der Waals surface area contributed by atoms with Crippen LogP contribution >= 0.6 is 0 Å². The highest BCUT2D eigenvalue weighted by Gasteiger charge is 2.30. The molecule has 0 nitrogen and oxygen atoms in total. The van der Waals surface area contributed by atoms with Crippen LogP contribution in [0, 0.1) is 11.8 Å². The lowest BCUT2D eigenvalue weighted by Crippen LogP contribution is -2.20. The van der Waals surface area contributed by atoms with Gasteiger partial charge in [0.15, 0.2) is 0 Å². The van der Waals surface area contributed by atoms with Gasteiger partial charge in [0.2, 0.25) is 0 Å². The predicted octanol–water partition coefficient (Wildman–Crippen LogP) is 3.40. The van der Waals surface area contributed by atoms with E-state index < -0.39 is 0 Å². The summed E-state index contributed by atoms with van der Waals surface area (Å²) in [5.74, 6) is 1.54. The summed E-state index contributed by atoms with van der Waals surface area (Å²) in [5.41, 5.74) is 3.21. The highest BCUT2D eigenvalue weighted by molar-refractivity contribution is 5.40. The summed E-state index contributed by atoms with van der Waals surface area (Å²) < 4.78 is 0. The lowest BCUT2D eigenvalue weighted by Gasteiger charge is -2.32. The average Bonchev–Trinajstić information content (AvgIpc) is 2.65. The Morgan fingerprint density at radius 3 is 3.31 bits per heavy atom. The van der Waals surface area contributed by atoms with Gasteiger partial charge >= 0.3 is 0 Å². The van der Waals surface area contributed by atoms with Gasteiger partial charge in [0.05, 0.1) is 0 Å². The van der Waals surface area contributed by atoms with Crippen LogP contribution in [-0.2, 0) is 0 Å². The molecule has 3 aliphatic rings. The third kappa shape index (κ3) is 1.05. The van der Waals surface area contributed by atoms with E-state index in [-0.39, 0.29) is 0 Å². The van der Waals surface area contributed by atoms with Gasteiger partial charge in [-0.15, -0.1) is 0 Å². The van der Waals surface area contributed by atoms with Crippen molar-refractivity contribution >= 4 is 0 Å². The smallest absolute Gasteiger partial charge is 0.00548 e. The number of hydrogen-bond donors (Lipinski definition) is 0. The van der Waals surface area contributed by atoms with Gasteiger partial charge in [-0.3, -0.25) is 0 Å². The molecule has 0 N–H and O–H groups in total. The number of fused-ring (bicyclic) bond motifs is 3. The van der Waals surface area contributed by atoms with E-state index in [0.717, 1.165) is 11.8 Å². The molecule has 0 aromatic carbocycles. The highest BCUT2D eigenvalue weighted by Crippen LogP contribution is 2.42. The van der Waals surface area contributed by atoms with Crippen LogP contribution in [0.15, 0.2) is 47.6 Å². The van der Waals surface area contributed by atoms with E-state index in [1.165, 1.54) is 19.3 Å². The van der Waals surface area contributed by atoms with Crippen molar-refractivity contribution in [2.75, 3.05) is 0 Å². The average molecular weight is 170 g/mol. The zero-order chi connectivity index (χ0) is 8.67. The quantitative estimate of drug-likeness (QED) is 0.522. The van der Waals surface area contributed by atoms with Crippen molar-refractivity contribution < 1.29 is 0 Å². The van der Waals surface area contributed by atoms with Crippen molar-refractivity contribution in [1.29, 1.82) is 0 Å². The summed E-state index contributed by atoms with van der Waals surface area (Å²) in [6, 6.07) is 0. The Morgan fingerprint density at radius 2 is 2.31 bits per heavy atom. The van der Waals surface area contributed by atoms with Gasteiger partial charge in [0.25, 0.3) is 0 Å². The Labute approximate surface area is 79.3 Å². The maximum Gasteiger partial charge on any atom is 0.00548 e. The fraction of sp³-hybridized carbons (Fsp3) is 0.385. The maximum atomic E-state index is 2.41. The van der Waals surface area contributed by atoms with Gasteiger partial charge in [0, 0.05) is 5.92 Å². The molecular weight excluding hydrogens is 156 g/mol. The summed E-state index contributed by atoms with van der Waals surface area (Å²) >= 11 is 0. The molecule has 0 spiro atoms. The first-order valence-corrected chi connectivity index (χ1v) is 5.19. The van der Waals surface area contributed by atoms with Gasteiger partial charge < -0.3 is 0 Å². The maximum absolute atomic E-state index is 2.41. The van der Waals surface area contributed by atoms with Crippen molar-refractivity contribution in [3.8, 4) is 0 Å². The third-order valence-electron chi connectivity index (χ3n) is 3.45. The zero-order valence-electron chi connectivity index (χ0n) is 7.74. The lowest BCUT2D eigenvalue weighted by atomic mass is 9.72. The summed E-state index contributed by atoms with van der Waals surface area (Å²) in [5, 5.41) is 0. The van der Waals surface area contributed by atoms with Crippen LogP contribution in [0.1, 0.15) is 19.3 Å². The lowest BCUT2D eigenvalue weighted by molar-refractivity contribution is 0.457. The normalized spacial score (nSPS) is 35.1. The molecule has 0 aromatic rings. The number of rotatable bonds is 0. The Bertz CT molecular complexity index is 339. The van der Waals surface area contributed by atoms with Crippen molar-refractivity contribution in [3.05, 3.63) is 47.6 Å².